The van der Waals surface area contributed by atoms with Crippen molar-refractivity contribution in [1.82, 2.24) is 9.80 Å². The van der Waals surface area contributed by atoms with E-state index in [1.54, 1.807) is 12.1 Å². The summed E-state index contributed by atoms with van der Waals surface area (Å²) in [5.41, 5.74) is 2.33. The number of ether oxygens (including phenoxy) is 2. The second-order valence-corrected chi connectivity index (χ2v) is 11.5. The molecule has 1 saturated carbocycles. The molecular formula is C31H35FN3O4+. The van der Waals surface area contributed by atoms with Gasteiger partial charge in [0.25, 0.3) is 0 Å². The predicted octanol–water partition coefficient (Wildman–Crippen LogP) is 6.23. The number of anilines is 1. The fourth-order valence-corrected chi connectivity index (χ4v) is 5.67. The molecule has 4 atom stereocenters. The number of hydrogen-bond donors (Lipinski definition) is 2. The first kappa shape index (κ1) is 26.7. The SMILES string of the molecule is CC(C)(C)OC(=O)NC1[C@H]2C[N+](Cc3ccccc3)(c3ccc(NC(=O)OCc4ccccc4)cc3F)C[C@@H]12. The number of nitrogens with zero attached hydrogens (tertiary/aromatic N) is 1. The molecule has 8 heteroatoms. The Hall–Kier alpha value is -3.91. The van der Waals surface area contributed by atoms with E-state index in [2.05, 4.69) is 22.8 Å². The maximum Gasteiger partial charge on any atom is 0.411 e. The van der Waals surface area contributed by atoms with Gasteiger partial charge in [-0.3, -0.25) is 9.80 Å². The first-order valence-corrected chi connectivity index (χ1v) is 13.3. The van der Waals surface area contributed by atoms with E-state index >= 15 is 4.39 Å². The van der Waals surface area contributed by atoms with E-state index in [9.17, 15) is 9.59 Å². The van der Waals surface area contributed by atoms with Gasteiger partial charge >= 0.3 is 12.2 Å². The lowest BCUT2D eigenvalue weighted by atomic mass is 10.1. The van der Waals surface area contributed by atoms with Gasteiger partial charge in [0.15, 0.2) is 11.5 Å². The Morgan fingerprint density at radius 3 is 2.10 bits per heavy atom. The van der Waals surface area contributed by atoms with E-state index < -0.39 is 17.8 Å². The molecule has 2 aliphatic rings. The Bertz CT molecular complexity index is 1310. The normalized spacial score (nSPS) is 23.4. The molecule has 2 unspecified atom stereocenters. The molecule has 1 aliphatic heterocycles. The van der Waals surface area contributed by atoms with Gasteiger partial charge in [-0.15, -0.1) is 0 Å². The third-order valence-corrected chi connectivity index (χ3v) is 7.38. The molecule has 7 nitrogen and oxygen atoms in total. The maximum absolute atomic E-state index is 15.7. The highest BCUT2D eigenvalue weighted by molar-refractivity contribution is 5.85. The Labute approximate surface area is 228 Å². The highest BCUT2D eigenvalue weighted by atomic mass is 19.1. The van der Waals surface area contributed by atoms with Crippen LogP contribution in [0, 0.1) is 17.7 Å². The van der Waals surface area contributed by atoms with Crippen molar-refractivity contribution in [2.75, 3.05) is 18.4 Å². The van der Waals surface area contributed by atoms with Crippen LogP contribution in [0.15, 0.2) is 78.9 Å². The van der Waals surface area contributed by atoms with Gasteiger partial charge in [-0.05, 0) is 32.4 Å². The second kappa shape index (κ2) is 10.7. The van der Waals surface area contributed by atoms with Gasteiger partial charge in [0, 0.05) is 41.3 Å². The Kier molecular flexibility index (Phi) is 7.32. The fraction of sp³-hybridized carbons (Fsp3) is 0.355. The van der Waals surface area contributed by atoms with Crippen molar-refractivity contribution in [3.8, 4) is 0 Å². The van der Waals surface area contributed by atoms with Gasteiger partial charge in [0.05, 0.1) is 13.1 Å². The highest BCUT2D eigenvalue weighted by Gasteiger charge is 2.65. The Morgan fingerprint density at radius 2 is 1.51 bits per heavy atom. The van der Waals surface area contributed by atoms with Gasteiger partial charge in [0.1, 0.15) is 18.8 Å². The summed E-state index contributed by atoms with van der Waals surface area (Å²) in [6, 6.07) is 24.3. The Balaban J connectivity index is 1.28. The highest BCUT2D eigenvalue weighted by Crippen LogP contribution is 2.52. The number of hydrogen-bond acceptors (Lipinski definition) is 4. The lowest BCUT2D eigenvalue weighted by molar-refractivity contribution is 0.0513. The molecule has 2 fully saturated rings. The van der Waals surface area contributed by atoms with Crippen LogP contribution in [0.5, 0.6) is 0 Å². The zero-order valence-corrected chi connectivity index (χ0v) is 22.5. The van der Waals surface area contributed by atoms with E-state index in [0.29, 0.717) is 35.5 Å². The Morgan fingerprint density at radius 1 is 0.897 bits per heavy atom. The minimum absolute atomic E-state index is 0.0326. The van der Waals surface area contributed by atoms with Crippen molar-refractivity contribution < 1.29 is 23.5 Å². The van der Waals surface area contributed by atoms with Crippen LogP contribution < -0.4 is 15.1 Å². The molecule has 0 radical (unpaired) electrons. The number of quaternary nitrogens is 1. The lowest BCUT2D eigenvalue weighted by Crippen LogP contribution is -2.51. The number of nitrogens with one attached hydrogen (secondary N) is 2. The van der Waals surface area contributed by atoms with Crippen LogP contribution in [0.4, 0.5) is 25.4 Å². The number of piperidine rings is 1. The lowest BCUT2D eigenvalue weighted by Gasteiger charge is -2.37. The summed E-state index contributed by atoms with van der Waals surface area (Å²) < 4.78 is 26.8. The van der Waals surface area contributed by atoms with Crippen molar-refractivity contribution in [3.05, 3.63) is 95.8 Å². The zero-order chi connectivity index (χ0) is 27.6. The molecule has 204 valence electrons. The molecule has 0 aromatic heterocycles. The first-order chi connectivity index (χ1) is 18.6. The summed E-state index contributed by atoms with van der Waals surface area (Å²) in [6.45, 7) is 7.68. The summed E-state index contributed by atoms with van der Waals surface area (Å²) in [4.78, 5) is 24.6. The summed E-state index contributed by atoms with van der Waals surface area (Å²) in [6.07, 6.45) is -1.05. The average Bonchev–Trinajstić information content (AvgIpc) is 3.32. The third kappa shape index (κ3) is 6.40. The van der Waals surface area contributed by atoms with E-state index in [1.165, 1.54) is 6.07 Å². The number of rotatable bonds is 7. The molecule has 5 rings (SSSR count). The first-order valence-electron chi connectivity index (χ1n) is 13.3. The zero-order valence-electron chi connectivity index (χ0n) is 22.5. The molecule has 0 spiro atoms. The van der Waals surface area contributed by atoms with Crippen LogP contribution in [-0.2, 0) is 22.6 Å². The van der Waals surface area contributed by atoms with Crippen LogP contribution in [0.25, 0.3) is 0 Å². The van der Waals surface area contributed by atoms with E-state index in [0.717, 1.165) is 11.1 Å². The molecule has 3 aromatic carbocycles. The van der Waals surface area contributed by atoms with Gasteiger partial charge in [-0.25, -0.2) is 14.0 Å². The predicted molar refractivity (Wildman–Crippen MR) is 148 cm³/mol. The molecule has 1 aliphatic carbocycles. The smallest absolute Gasteiger partial charge is 0.411 e. The minimum Gasteiger partial charge on any atom is -0.444 e. The molecule has 0 bridgehead atoms. The topological polar surface area (TPSA) is 76.7 Å². The largest absolute Gasteiger partial charge is 0.444 e. The summed E-state index contributed by atoms with van der Waals surface area (Å²) in [5, 5.41) is 5.64. The van der Waals surface area contributed by atoms with Crippen LogP contribution in [0.3, 0.4) is 0 Å². The number of carbonyl (C=O) groups is 2. The van der Waals surface area contributed by atoms with Gasteiger partial charge in [0.2, 0.25) is 0 Å². The van der Waals surface area contributed by atoms with Crippen LogP contribution in [0.1, 0.15) is 31.9 Å². The quantitative estimate of drug-likeness (QED) is 0.354. The van der Waals surface area contributed by atoms with Crippen molar-refractivity contribution in [2.24, 2.45) is 11.8 Å². The standard InChI is InChI=1S/C31H34FN3O4/c1-31(2,3)39-30(37)34-28-24-18-35(19-25(24)28,17-21-10-6-4-7-11-21)27-15-14-23(16-26(27)32)33-29(36)38-20-22-12-8-5-9-13-22/h4-16,24-25,28H,17-20H2,1-3H3,(H-,33,34,36,37)/p+1/t24-,25+,28?,35?. The monoisotopic (exact) mass is 532 g/mol. The van der Waals surface area contributed by atoms with Crippen LogP contribution in [0.2, 0.25) is 0 Å². The molecule has 3 aromatic rings. The number of carbonyl (C=O) groups excluding carboxylic acids is 2. The summed E-state index contributed by atoms with van der Waals surface area (Å²) in [7, 11) is 0. The number of likely N-dealkylation sites (tertiary alicyclic amines) is 1. The number of fused-ring (bicyclic) bond motifs is 1. The molecule has 2 amide bonds. The second-order valence-electron chi connectivity index (χ2n) is 11.5. The number of benzene rings is 3. The molecule has 2 N–H and O–H groups in total. The maximum atomic E-state index is 15.7. The summed E-state index contributed by atoms with van der Waals surface area (Å²) in [5.74, 6) is 0.0996. The van der Waals surface area contributed by atoms with E-state index in [1.807, 2.05) is 69.3 Å². The van der Waals surface area contributed by atoms with Crippen LogP contribution in [-0.4, -0.2) is 36.9 Å². The van der Waals surface area contributed by atoms with Gasteiger partial charge in [-0.2, -0.15) is 0 Å². The van der Waals surface area contributed by atoms with Crippen LogP contribution >= 0.6 is 0 Å². The number of halogens is 1. The van der Waals surface area contributed by atoms with Gasteiger partial charge in [-0.1, -0.05) is 60.7 Å². The molecule has 1 heterocycles. The number of amides is 2. The third-order valence-electron chi connectivity index (χ3n) is 7.38. The molecule has 39 heavy (non-hydrogen) atoms. The summed E-state index contributed by atoms with van der Waals surface area (Å²) >= 11 is 0. The minimum atomic E-state index is -0.641. The van der Waals surface area contributed by atoms with Crippen molar-refractivity contribution >= 4 is 23.6 Å². The average molecular weight is 533 g/mol. The van der Waals surface area contributed by atoms with Crippen molar-refractivity contribution in [2.45, 2.75) is 45.6 Å². The van der Waals surface area contributed by atoms with Gasteiger partial charge < -0.3 is 14.8 Å². The van der Waals surface area contributed by atoms with E-state index in [-0.39, 0.29) is 30.3 Å². The van der Waals surface area contributed by atoms with Crippen molar-refractivity contribution in [1.29, 1.82) is 0 Å². The van der Waals surface area contributed by atoms with Crippen molar-refractivity contribution in [3.63, 3.8) is 0 Å². The molecule has 1 saturated heterocycles. The fourth-order valence-electron chi connectivity index (χ4n) is 5.67. The number of alkyl carbamates (subject to hydrolysis) is 1. The van der Waals surface area contributed by atoms with E-state index in [4.69, 9.17) is 9.47 Å². The molecular weight excluding hydrogens is 497 g/mol.